The van der Waals surface area contributed by atoms with E-state index in [4.69, 9.17) is 20.4 Å². The molecule has 0 spiro atoms. The van der Waals surface area contributed by atoms with Gasteiger partial charge in [0.25, 0.3) is 5.91 Å². The van der Waals surface area contributed by atoms with Crippen LogP contribution < -0.4 is 11.1 Å². The van der Waals surface area contributed by atoms with Crippen LogP contribution in [-0.2, 0) is 24.1 Å². The number of aromatic nitrogens is 4. The van der Waals surface area contributed by atoms with Crippen LogP contribution in [-0.4, -0.2) is 38.7 Å². The van der Waals surface area contributed by atoms with Gasteiger partial charge in [-0.2, -0.15) is 5.10 Å². The zero-order valence-electron chi connectivity index (χ0n) is 17.8. The molecule has 0 fully saturated rings. The number of nitrogens with zero attached hydrogens (tertiary/aromatic N) is 4. The molecule has 8 heteroatoms. The molecule has 0 unspecified atom stereocenters. The van der Waals surface area contributed by atoms with Crippen LogP contribution in [0.15, 0.2) is 48.5 Å². The first-order chi connectivity index (χ1) is 15.6. The smallest absolute Gasteiger partial charge is 0.267 e. The molecule has 8 nitrogen and oxygen atoms in total. The maximum absolute atomic E-state index is 11.9. The molecular weight excluding hydrogens is 404 g/mol. The molecule has 1 aliphatic heterocycles. The molecule has 3 aromatic heterocycles. The summed E-state index contributed by atoms with van der Waals surface area (Å²) < 4.78 is 7.27. The number of aryl methyl sites for hydroxylation is 1. The third kappa shape index (κ3) is 3.69. The van der Waals surface area contributed by atoms with Gasteiger partial charge in [0.05, 0.1) is 35.7 Å². The van der Waals surface area contributed by atoms with Crippen molar-refractivity contribution < 1.29 is 9.53 Å². The molecule has 4 heterocycles. The second kappa shape index (κ2) is 8.39. The molecule has 0 aliphatic carbocycles. The molecule has 1 aromatic carbocycles. The Hall–Kier alpha value is -3.78. The van der Waals surface area contributed by atoms with E-state index in [1.807, 2.05) is 31.2 Å². The highest BCUT2D eigenvalue weighted by Gasteiger charge is 2.22. The van der Waals surface area contributed by atoms with Crippen molar-refractivity contribution in [2.75, 3.05) is 18.5 Å². The van der Waals surface area contributed by atoms with Crippen LogP contribution in [0.25, 0.3) is 16.9 Å². The zero-order chi connectivity index (χ0) is 22.1. The Bertz CT molecular complexity index is 1300. The van der Waals surface area contributed by atoms with Crippen molar-refractivity contribution in [2.45, 2.75) is 26.3 Å². The summed E-state index contributed by atoms with van der Waals surface area (Å²) in [6.07, 6.45) is 1.47. The van der Waals surface area contributed by atoms with Gasteiger partial charge in [0.1, 0.15) is 11.5 Å². The number of pyridine rings is 1. The summed E-state index contributed by atoms with van der Waals surface area (Å²) in [6, 6.07) is 15.6. The van der Waals surface area contributed by atoms with Crippen LogP contribution in [0.3, 0.4) is 0 Å². The first-order valence-electron chi connectivity index (χ1n) is 10.7. The highest BCUT2D eigenvalue weighted by Crippen LogP contribution is 2.30. The zero-order valence-corrected chi connectivity index (χ0v) is 17.8. The van der Waals surface area contributed by atoms with E-state index < -0.39 is 5.91 Å². The first-order valence-corrected chi connectivity index (χ1v) is 10.7. The SMILES string of the molecule is Cc1nn2c(C(N)=O)cccc2c1-c1nc2c(c(NCc3ccccc3)n1)CCOCC2. The third-order valence-electron chi connectivity index (χ3n) is 5.68. The summed E-state index contributed by atoms with van der Waals surface area (Å²) in [5, 5.41) is 8.06. The average Bonchev–Trinajstić information content (AvgIpc) is 2.96. The summed E-state index contributed by atoms with van der Waals surface area (Å²) in [7, 11) is 0. The van der Waals surface area contributed by atoms with Gasteiger partial charge in [0.2, 0.25) is 0 Å². The molecule has 0 saturated heterocycles. The molecular formula is C24H24N6O2. The Morgan fingerprint density at radius 2 is 1.91 bits per heavy atom. The molecule has 0 bridgehead atoms. The van der Waals surface area contributed by atoms with Crippen LogP contribution in [0.1, 0.15) is 33.0 Å². The van der Waals surface area contributed by atoms with Gasteiger partial charge in [-0.25, -0.2) is 14.5 Å². The van der Waals surface area contributed by atoms with Crippen LogP contribution >= 0.6 is 0 Å². The standard InChI is InChI=1S/C24H24N6O2/c1-15-21(19-8-5-9-20(22(25)31)30(19)29-15)24-27-18-11-13-32-12-10-17(18)23(28-24)26-14-16-6-3-2-4-7-16/h2-9H,10-14H2,1H3,(H2,25,31)(H,26,27,28). The lowest BCUT2D eigenvalue weighted by Crippen LogP contribution is -2.16. The summed E-state index contributed by atoms with van der Waals surface area (Å²) in [5.41, 5.74) is 11.4. The molecule has 1 aliphatic rings. The van der Waals surface area contributed by atoms with E-state index in [0.717, 1.165) is 46.7 Å². The summed E-state index contributed by atoms with van der Waals surface area (Å²) in [5.74, 6) is 0.856. The van der Waals surface area contributed by atoms with E-state index in [-0.39, 0.29) is 0 Å². The van der Waals surface area contributed by atoms with Crippen molar-refractivity contribution in [1.29, 1.82) is 0 Å². The lowest BCUT2D eigenvalue weighted by molar-refractivity contribution is 0.0993. The average molecular weight is 428 g/mol. The Morgan fingerprint density at radius 1 is 1.09 bits per heavy atom. The number of hydrogen-bond donors (Lipinski definition) is 2. The van der Waals surface area contributed by atoms with Crippen molar-refractivity contribution in [3.05, 3.63) is 76.7 Å². The van der Waals surface area contributed by atoms with Crippen LogP contribution in [0.4, 0.5) is 5.82 Å². The molecule has 0 radical (unpaired) electrons. The van der Waals surface area contributed by atoms with Gasteiger partial charge < -0.3 is 15.8 Å². The number of nitrogens with two attached hydrogens (primary N) is 1. The largest absolute Gasteiger partial charge is 0.381 e. The first kappa shape index (κ1) is 20.1. The fraction of sp³-hybridized carbons (Fsp3) is 0.250. The number of fused-ring (bicyclic) bond motifs is 2. The number of amides is 1. The number of hydrogen-bond acceptors (Lipinski definition) is 6. The second-order valence-electron chi connectivity index (χ2n) is 7.81. The number of anilines is 1. The third-order valence-corrected chi connectivity index (χ3v) is 5.68. The van der Waals surface area contributed by atoms with Gasteiger partial charge in [-0.3, -0.25) is 4.79 Å². The lowest BCUT2D eigenvalue weighted by atomic mass is 10.1. The van der Waals surface area contributed by atoms with Crippen molar-refractivity contribution in [3.63, 3.8) is 0 Å². The molecule has 4 aromatic rings. The fourth-order valence-corrected chi connectivity index (χ4v) is 4.13. The van der Waals surface area contributed by atoms with E-state index in [1.165, 1.54) is 5.56 Å². The Kier molecular flexibility index (Phi) is 5.28. The molecule has 5 rings (SSSR count). The Morgan fingerprint density at radius 3 is 2.72 bits per heavy atom. The minimum atomic E-state index is -0.533. The predicted octanol–water partition coefficient (Wildman–Crippen LogP) is 2.93. The van der Waals surface area contributed by atoms with Gasteiger partial charge in [-0.1, -0.05) is 36.4 Å². The van der Waals surface area contributed by atoms with Crippen LogP contribution in [0.5, 0.6) is 0 Å². The molecule has 0 atom stereocenters. The Labute approximate surface area is 185 Å². The molecule has 162 valence electrons. The maximum Gasteiger partial charge on any atom is 0.267 e. The molecule has 1 amide bonds. The molecule has 3 N–H and O–H groups in total. The summed E-state index contributed by atoms with van der Waals surface area (Å²) in [4.78, 5) is 21.7. The number of carbonyl (C=O) groups is 1. The van der Waals surface area contributed by atoms with Crippen molar-refractivity contribution in [2.24, 2.45) is 5.73 Å². The Balaban J connectivity index is 1.63. The minimum Gasteiger partial charge on any atom is -0.381 e. The maximum atomic E-state index is 11.9. The van der Waals surface area contributed by atoms with Gasteiger partial charge in [-0.15, -0.1) is 0 Å². The number of nitrogens with one attached hydrogen (secondary N) is 1. The monoisotopic (exact) mass is 428 g/mol. The second-order valence-corrected chi connectivity index (χ2v) is 7.81. The lowest BCUT2D eigenvalue weighted by Gasteiger charge is -2.15. The van der Waals surface area contributed by atoms with Crippen LogP contribution in [0, 0.1) is 6.92 Å². The summed E-state index contributed by atoms with van der Waals surface area (Å²) >= 11 is 0. The highest BCUT2D eigenvalue weighted by atomic mass is 16.5. The van der Waals surface area contributed by atoms with Crippen molar-refractivity contribution in [3.8, 4) is 11.4 Å². The number of ether oxygens (including phenoxy) is 1. The quantitative estimate of drug-likeness (QED) is 0.506. The van der Waals surface area contributed by atoms with E-state index >= 15 is 0 Å². The van der Waals surface area contributed by atoms with Crippen molar-refractivity contribution >= 4 is 17.2 Å². The van der Waals surface area contributed by atoms with Gasteiger partial charge in [-0.05, 0) is 24.6 Å². The van der Waals surface area contributed by atoms with Crippen molar-refractivity contribution in [1.82, 2.24) is 19.6 Å². The number of rotatable bonds is 5. The highest BCUT2D eigenvalue weighted by molar-refractivity contribution is 5.93. The minimum absolute atomic E-state index is 0.322. The van der Waals surface area contributed by atoms with E-state index in [2.05, 4.69) is 22.5 Å². The fourth-order valence-electron chi connectivity index (χ4n) is 4.13. The van der Waals surface area contributed by atoms with E-state index in [1.54, 1.807) is 16.6 Å². The van der Waals surface area contributed by atoms with E-state index in [0.29, 0.717) is 31.3 Å². The number of carbonyl (C=O) groups excluding carboxylic acids is 1. The van der Waals surface area contributed by atoms with E-state index in [9.17, 15) is 4.79 Å². The van der Waals surface area contributed by atoms with Gasteiger partial charge in [0.15, 0.2) is 5.82 Å². The molecule has 32 heavy (non-hydrogen) atoms. The normalized spacial score (nSPS) is 13.5. The number of primary amides is 1. The summed E-state index contributed by atoms with van der Waals surface area (Å²) in [6.45, 7) is 3.82. The predicted molar refractivity (Wildman–Crippen MR) is 121 cm³/mol. The topological polar surface area (TPSA) is 107 Å². The van der Waals surface area contributed by atoms with Crippen LogP contribution in [0.2, 0.25) is 0 Å². The van der Waals surface area contributed by atoms with Gasteiger partial charge in [0, 0.05) is 24.9 Å². The molecule has 0 saturated carbocycles. The van der Waals surface area contributed by atoms with Gasteiger partial charge >= 0.3 is 0 Å². The number of benzene rings is 1.